The molecule has 0 bridgehead atoms. The van der Waals surface area contributed by atoms with Crippen molar-refractivity contribution in [1.29, 1.82) is 0 Å². The van der Waals surface area contributed by atoms with Crippen LogP contribution in [0.15, 0.2) is 59.7 Å². The summed E-state index contributed by atoms with van der Waals surface area (Å²) in [5, 5.41) is 6.14. The van der Waals surface area contributed by atoms with Crippen LogP contribution in [0.5, 0.6) is 17.2 Å². The molecule has 0 aliphatic rings. The van der Waals surface area contributed by atoms with Gasteiger partial charge < -0.3 is 14.2 Å². The number of carbonyl (C=O) groups excluding carboxylic acids is 1. The van der Waals surface area contributed by atoms with Crippen molar-refractivity contribution in [2.75, 3.05) is 21.3 Å². The van der Waals surface area contributed by atoms with Crippen LogP contribution >= 0.6 is 0 Å². The summed E-state index contributed by atoms with van der Waals surface area (Å²) in [5.74, 6) is 1.30. The summed E-state index contributed by atoms with van der Waals surface area (Å²) in [4.78, 5) is 12.5. The minimum absolute atomic E-state index is 0.361. The second kappa shape index (κ2) is 8.23. The van der Waals surface area contributed by atoms with Crippen LogP contribution in [0.25, 0.3) is 10.8 Å². The molecule has 27 heavy (non-hydrogen) atoms. The Morgan fingerprint density at radius 1 is 0.926 bits per heavy atom. The third-order valence-electron chi connectivity index (χ3n) is 4.16. The number of fused-ring (bicyclic) bond motifs is 1. The highest BCUT2D eigenvalue weighted by atomic mass is 16.5. The lowest BCUT2D eigenvalue weighted by atomic mass is 10.0. The Bertz CT molecular complexity index is 999. The predicted molar refractivity (Wildman–Crippen MR) is 105 cm³/mol. The molecule has 138 valence electrons. The van der Waals surface area contributed by atoms with Gasteiger partial charge in [-0.15, -0.1) is 0 Å². The van der Waals surface area contributed by atoms with Gasteiger partial charge in [0.1, 0.15) is 17.2 Å². The first-order chi connectivity index (χ1) is 13.2. The maximum absolute atomic E-state index is 12.5. The molecule has 0 fully saturated rings. The van der Waals surface area contributed by atoms with Gasteiger partial charge in [0.15, 0.2) is 0 Å². The van der Waals surface area contributed by atoms with Crippen molar-refractivity contribution in [3.63, 3.8) is 0 Å². The van der Waals surface area contributed by atoms with Gasteiger partial charge in [0.05, 0.1) is 33.1 Å². The number of hydrogen-bond donors (Lipinski definition) is 1. The smallest absolute Gasteiger partial charge is 0.275 e. The van der Waals surface area contributed by atoms with Gasteiger partial charge in [0.25, 0.3) is 5.91 Å². The Kier molecular flexibility index (Phi) is 5.56. The van der Waals surface area contributed by atoms with Crippen LogP contribution in [0.1, 0.15) is 15.9 Å². The van der Waals surface area contributed by atoms with Crippen molar-refractivity contribution in [3.8, 4) is 17.2 Å². The molecule has 6 heteroatoms. The van der Waals surface area contributed by atoms with Crippen molar-refractivity contribution < 1.29 is 19.0 Å². The Morgan fingerprint density at radius 3 is 2.44 bits per heavy atom. The highest BCUT2D eigenvalue weighted by Crippen LogP contribution is 2.27. The largest absolute Gasteiger partial charge is 0.497 e. The van der Waals surface area contributed by atoms with Gasteiger partial charge in [-0.2, -0.15) is 5.10 Å². The predicted octanol–water partition coefficient (Wildman–Crippen LogP) is 3.63. The van der Waals surface area contributed by atoms with Crippen molar-refractivity contribution in [2.24, 2.45) is 5.10 Å². The summed E-state index contributed by atoms with van der Waals surface area (Å²) in [6.45, 7) is 0. The Morgan fingerprint density at radius 2 is 1.70 bits per heavy atom. The van der Waals surface area contributed by atoms with E-state index in [2.05, 4.69) is 10.5 Å². The van der Waals surface area contributed by atoms with E-state index in [1.54, 1.807) is 38.6 Å². The van der Waals surface area contributed by atoms with Crippen LogP contribution in [0.4, 0.5) is 0 Å². The molecular weight excluding hydrogens is 344 g/mol. The minimum atomic E-state index is -0.384. The molecule has 3 aromatic carbocycles. The number of methoxy groups -OCH3 is 3. The first kappa shape index (κ1) is 18.3. The topological polar surface area (TPSA) is 69.2 Å². The van der Waals surface area contributed by atoms with Gasteiger partial charge in [-0.05, 0) is 29.0 Å². The summed E-state index contributed by atoms with van der Waals surface area (Å²) in [6.07, 6.45) is 1.58. The van der Waals surface area contributed by atoms with Gasteiger partial charge >= 0.3 is 0 Å². The van der Waals surface area contributed by atoms with E-state index in [1.807, 2.05) is 36.4 Å². The third-order valence-corrected chi connectivity index (χ3v) is 4.16. The second-order valence-electron chi connectivity index (χ2n) is 5.67. The number of ether oxygens (including phenoxy) is 3. The highest BCUT2D eigenvalue weighted by molar-refractivity contribution is 6.03. The number of carbonyl (C=O) groups is 1. The monoisotopic (exact) mass is 364 g/mol. The Labute approximate surface area is 157 Å². The molecule has 1 N–H and O–H groups in total. The lowest BCUT2D eigenvalue weighted by molar-refractivity contribution is 0.0952. The number of rotatable bonds is 6. The van der Waals surface area contributed by atoms with Crippen molar-refractivity contribution in [3.05, 3.63) is 65.7 Å². The summed E-state index contributed by atoms with van der Waals surface area (Å²) in [7, 11) is 4.65. The van der Waals surface area contributed by atoms with E-state index in [0.717, 1.165) is 16.3 Å². The number of nitrogens with one attached hydrogen (secondary N) is 1. The number of benzene rings is 3. The zero-order valence-electron chi connectivity index (χ0n) is 15.4. The number of hydrazone groups is 1. The molecule has 0 saturated carbocycles. The molecule has 0 aliphatic carbocycles. The fourth-order valence-electron chi connectivity index (χ4n) is 2.79. The molecule has 0 heterocycles. The summed E-state index contributed by atoms with van der Waals surface area (Å²) < 4.78 is 15.8. The highest BCUT2D eigenvalue weighted by Gasteiger charge is 2.13. The van der Waals surface area contributed by atoms with Crippen LogP contribution in [0.2, 0.25) is 0 Å². The van der Waals surface area contributed by atoms with E-state index < -0.39 is 0 Å². The van der Waals surface area contributed by atoms with Crippen molar-refractivity contribution >= 4 is 22.9 Å². The SMILES string of the molecule is COc1ccc(C(=O)N/N=C\c2c(OC)ccc3ccccc23)c(OC)c1. The first-order valence-electron chi connectivity index (χ1n) is 8.29. The standard InChI is InChI=1S/C21H20N2O4/c1-25-15-9-10-17(20(12-15)27-3)21(24)23-22-13-18-16-7-5-4-6-14(16)8-11-19(18)26-2/h4-13H,1-3H3,(H,23,24)/b22-13-. The van der Waals surface area contributed by atoms with E-state index in [-0.39, 0.29) is 5.91 Å². The number of hydrogen-bond acceptors (Lipinski definition) is 5. The molecule has 6 nitrogen and oxygen atoms in total. The molecule has 0 spiro atoms. The lowest BCUT2D eigenvalue weighted by Crippen LogP contribution is -2.18. The third kappa shape index (κ3) is 3.84. The van der Waals surface area contributed by atoms with E-state index >= 15 is 0 Å². The average Bonchev–Trinajstić information content (AvgIpc) is 2.73. The molecule has 3 aromatic rings. The maximum Gasteiger partial charge on any atom is 0.275 e. The van der Waals surface area contributed by atoms with Gasteiger partial charge in [-0.25, -0.2) is 5.43 Å². The average molecular weight is 364 g/mol. The van der Waals surface area contributed by atoms with Crippen LogP contribution < -0.4 is 19.6 Å². The molecule has 3 rings (SSSR count). The van der Waals surface area contributed by atoms with Gasteiger partial charge in [-0.1, -0.05) is 30.3 Å². The van der Waals surface area contributed by atoms with Crippen LogP contribution in [0.3, 0.4) is 0 Å². The number of nitrogens with zero attached hydrogens (tertiary/aromatic N) is 1. The van der Waals surface area contributed by atoms with E-state index in [1.165, 1.54) is 7.11 Å². The van der Waals surface area contributed by atoms with Crippen LogP contribution in [0, 0.1) is 0 Å². The molecule has 0 atom stereocenters. The zero-order chi connectivity index (χ0) is 19.2. The van der Waals surface area contributed by atoms with Crippen LogP contribution in [-0.2, 0) is 0 Å². The second-order valence-corrected chi connectivity index (χ2v) is 5.67. The van der Waals surface area contributed by atoms with Gasteiger partial charge in [-0.3, -0.25) is 4.79 Å². The molecule has 1 amide bonds. The summed E-state index contributed by atoms with van der Waals surface area (Å²) >= 11 is 0. The van der Waals surface area contributed by atoms with E-state index in [0.29, 0.717) is 22.8 Å². The fourth-order valence-corrected chi connectivity index (χ4v) is 2.79. The molecule has 0 aromatic heterocycles. The summed E-state index contributed by atoms with van der Waals surface area (Å²) in [6, 6.07) is 16.7. The fraction of sp³-hybridized carbons (Fsp3) is 0.143. The van der Waals surface area contributed by atoms with Crippen LogP contribution in [-0.4, -0.2) is 33.5 Å². The first-order valence-corrected chi connectivity index (χ1v) is 8.29. The molecule has 0 aliphatic heterocycles. The molecule has 0 unspecified atom stereocenters. The van der Waals surface area contributed by atoms with E-state index in [9.17, 15) is 4.79 Å². The lowest BCUT2D eigenvalue weighted by Gasteiger charge is -2.10. The van der Waals surface area contributed by atoms with Gasteiger partial charge in [0.2, 0.25) is 0 Å². The van der Waals surface area contributed by atoms with E-state index in [4.69, 9.17) is 14.2 Å². The van der Waals surface area contributed by atoms with Crippen molar-refractivity contribution in [2.45, 2.75) is 0 Å². The Balaban J connectivity index is 1.86. The minimum Gasteiger partial charge on any atom is -0.497 e. The Hall–Kier alpha value is -3.54. The molecule has 0 saturated heterocycles. The molecular formula is C21H20N2O4. The zero-order valence-corrected chi connectivity index (χ0v) is 15.4. The maximum atomic E-state index is 12.5. The summed E-state index contributed by atoms with van der Waals surface area (Å²) in [5.41, 5.74) is 3.68. The normalized spacial score (nSPS) is 10.8. The molecule has 0 radical (unpaired) electrons. The van der Waals surface area contributed by atoms with Gasteiger partial charge in [0, 0.05) is 11.6 Å². The number of amides is 1. The van der Waals surface area contributed by atoms with Crippen molar-refractivity contribution in [1.82, 2.24) is 5.43 Å². The quantitative estimate of drug-likeness (QED) is 0.536.